The second-order valence-corrected chi connectivity index (χ2v) is 4.04. The molecule has 0 aromatic carbocycles. The molecule has 0 aliphatic rings. The van der Waals surface area contributed by atoms with Crippen molar-refractivity contribution in [3.05, 3.63) is 22.8 Å². The molecule has 2 N–H and O–H groups in total. The van der Waals surface area contributed by atoms with Crippen molar-refractivity contribution >= 4 is 29.3 Å². The van der Waals surface area contributed by atoms with E-state index in [0.29, 0.717) is 12.4 Å². The quantitative estimate of drug-likeness (QED) is 0.781. The van der Waals surface area contributed by atoms with Crippen LogP contribution in [0, 0.1) is 0 Å². The van der Waals surface area contributed by atoms with E-state index in [-0.39, 0.29) is 23.2 Å². The average Bonchev–Trinajstić information content (AvgIpc) is 2.28. The van der Waals surface area contributed by atoms with E-state index in [0.717, 1.165) is 0 Å². The van der Waals surface area contributed by atoms with E-state index in [1.54, 1.807) is 7.05 Å². The second kappa shape index (κ2) is 6.20. The first-order chi connectivity index (χ1) is 8.43. The highest BCUT2D eigenvalue weighted by Crippen LogP contribution is 2.17. The highest BCUT2D eigenvalue weighted by Gasteiger charge is 2.12. The molecule has 0 unspecified atom stereocenters. The SMILES string of the molecule is CCNC(=O)CN(C)c1cc(C(=O)O)cc(Cl)n1. The average molecular weight is 272 g/mol. The van der Waals surface area contributed by atoms with Crippen LogP contribution in [0.2, 0.25) is 5.15 Å². The minimum atomic E-state index is -1.09. The standard InChI is InChI=1S/C11H14ClN3O3/c1-3-13-10(16)6-15(2)9-5-7(11(17)18)4-8(12)14-9/h4-5H,3,6H2,1-2H3,(H,13,16)(H,17,18). The summed E-state index contributed by atoms with van der Waals surface area (Å²) in [5.74, 6) is -0.920. The van der Waals surface area contributed by atoms with E-state index in [4.69, 9.17) is 16.7 Å². The van der Waals surface area contributed by atoms with Crippen LogP contribution in [-0.4, -0.2) is 42.1 Å². The van der Waals surface area contributed by atoms with E-state index >= 15 is 0 Å². The fraction of sp³-hybridized carbons (Fsp3) is 0.364. The van der Waals surface area contributed by atoms with Gasteiger partial charge in [-0.1, -0.05) is 11.6 Å². The topological polar surface area (TPSA) is 82.5 Å². The van der Waals surface area contributed by atoms with Crippen molar-refractivity contribution in [3.8, 4) is 0 Å². The van der Waals surface area contributed by atoms with Gasteiger partial charge in [-0.25, -0.2) is 9.78 Å². The summed E-state index contributed by atoms with van der Waals surface area (Å²) < 4.78 is 0. The molecule has 18 heavy (non-hydrogen) atoms. The third-order valence-corrected chi connectivity index (χ3v) is 2.37. The second-order valence-electron chi connectivity index (χ2n) is 3.65. The number of carbonyl (C=O) groups is 2. The zero-order valence-electron chi connectivity index (χ0n) is 10.1. The van der Waals surface area contributed by atoms with Gasteiger partial charge < -0.3 is 15.3 Å². The maximum Gasteiger partial charge on any atom is 0.335 e. The van der Waals surface area contributed by atoms with Gasteiger partial charge in [0.05, 0.1) is 12.1 Å². The number of hydrogen-bond donors (Lipinski definition) is 2. The van der Waals surface area contributed by atoms with Crippen molar-refractivity contribution < 1.29 is 14.7 Å². The first kappa shape index (κ1) is 14.2. The number of likely N-dealkylation sites (N-methyl/N-ethyl adjacent to an activating group) is 2. The number of nitrogens with one attached hydrogen (secondary N) is 1. The smallest absolute Gasteiger partial charge is 0.335 e. The molecule has 6 nitrogen and oxygen atoms in total. The monoisotopic (exact) mass is 271 g/mol. The van der Waals surface area contributed by atoms with Crippen LogP contribution in [0.5, 0.6) is 0 Å². The number of halogens is 1. The van der Waals surface area contributed by atoms with Gasteiger partial charge in [-0.05, 0) is 19.1 Å². The Hall–Kier alpha value is -1.82. The van der Waals surface area contributed by atoms with Crippen LogP contribution in [0.1, 0.15) is 17.3 Å². The van der Waals surface area contributed by atoms with Crippen LogP contribution in [0.4, 0.5) is 5.82 Å². The number of nitrogens with zero attached hydrogens (tertiary/aromatic N) is 2. The van der Waals surface area contributed by atoms with Crippen molar-refractivity contribution in [1.29, 1.82) is 0 Å². The summed E-state index contributed by atoms with van der Waals surface area (Å²) in [6.45, 7) is 2.44. The fourth-order valence-electron chi connectivity index (χ4n) is 1.35. The van der Waals surface area contributed by atoms with Gasteiger partial charge in [0.2, 0.25) is 5.91 Å². The Balaban J connectivity index is 2.88. The highest BCUT2D eigenvalue weighted by atomic mass is 35.5. The summed E-state index contributed by atoms with van der Waals surface area (Å²) >= 11 is 5.73. The number of carboxylic acids is 1. The normalized spacial score (nSPS) is 9.94. The number of hydrogen-bond acceptors (Lipinski definition) is 4. The molecule has 0 atom stereocenters. The van der Waals surface area contributed by atoms with Crippen molar-refractivity contribution in [2.24, 2.45) is 0 Å². The Morgan fingerprint density at radius 3 is 2.72 bits per heavy atom. The number of carbonyl (C=O) groups excluding carboxylic acids is 1. The Kier molecular flexibility index (Phi) is 4.91. The molecule has 1 aromatic rings. The van der Waals surface area contributed by atoms with Crippen LogP contribution in [-0.2, 0) is 4.79 Å². The Bertz CT molecular complexity index is 465. The maximum absolute atomic E-state index is 11.4. The molecule has 0 aliphatic carbocycles. The van der Waals surface area contributed by atoms with Crippen LogP contribution >= 0.6 is 11.6 Å². The third-order valence-electron chi connectivity index (χ3n) is 2.17. The molecule has 1 rings (SSSR count). The van der Waals surface area contributed by atoms with Gasteiger partial charge in [-0.15, -0.1) is 0 Å². The van der Waals surface area contributed by atoms with Crippen LogP contribution < -0.4 is 10.2 Å². The zero-order valence-corrected chi connectivity index (χ0v) is 10.9. The molecule has 0 saturated heterocycles. The largest absolute Gasteiger partial charge is 0.478 e. The zero-order chi connectivity index (χ0) is 13.7. The summed E-state index contributed by atoms with van der Waals surface area (Å²) in [5, 5.41) is 11.6. The number of aromatic carboxylic acids is 1. The molecule has 0 radical (unpaired) electrons. The Labute approximate surface area is 110 Å². The maximum atomic E-state index is 11.4. The first-order valence-electron chi connectivity index (χ1n) is 5.32. The van der Waals surface area contributed by atoms with Gasteiger partial charge in [0.1, 0.15) is 11.0 Å². The molecule has 98 valence electrons. The van der Waals surface area contributed by atoms with Gasteiger partial charge in [0, 0.05) is 13.6 Å². The predicted octanol–water partition coefficient (Wildman–Crippen LogP) is 1.01. The summed E-state index contributed by atoms with van der Waals surface area (Å²) in [6, 6.07) is 2.63. The summed E-state index contributed by atoms with van der Waals surface area (Å²) in [7, 11) is 1.64. The van der Waals surface area contributed by atoms with E-state index in [9.17, 15) is 9.59 Å². The number of pyridine rings is 1. The lowest BCUT2D eigenvalue weighted by molar-refractivity contribution is -0.119. The van der Waals surface area contributed by atoms with Crippen LogP contribution in [0.15, 0.2) is 12.1 Å². The Morgan fingerprint density at radius 2 is 2.17 bits per heavy atom. The van der Waals surface area contributed by atoms with Gasteiger partial charge in [0.25, 0.3) is 0 Å². The molecule has 1 heterocycles. The van der Waals surface area contributed by atoms with E-state index in [1.165, 1.54) is 17.0 Å². The molecule has 0 fully saturated rings. The molecule has 0 saturated carbocycles. The van der Waals surface area contributed by atoms with Gasteiger partial charge in [-0.3, -0.25) is 4.79 Å². The van der Waals surface area contributed by atoms with Gasteiger partial charge in [-0.2, -0.15) is 0 Å². The predicted molar refractivity (Wildman–Crippen MR) is 68.2 cm³/mol. The number of amides is 1. The number of anilines is 1. The molecule has 0 spiro atoms. The molecule has 0 aliphatic heterocycles. The summed E-state index contributed by atoms with van der Waals surface area (Å²) in [4.78, 5) is 27.8. The minimum Gasteiger partial charge on any atom is -0.478 e. The van der Waals surface area contributed by atoms with E-state index in [1.807, 2.05) is 6.92 Å². The van der Waals surface area contributed by atoms with Crippen molar-refractivity contribution in [2.45, 2.75) is 6.92 Å². The Morgan fingerprint density at radius 1 is 1.50 bits per heavy atom. The molecule has 0 bridgehead atoms. The number of carboxylic acid groups (broad SMARTS) is 1. The first-order valence-corrected chi connectivity index (χ1v) is 5.70. The number of aromatic nitrogens is 1. The van der Waals surface area contributed by atoms with E-state index in [2.05, 4.69) is 10.3 Å². The molecule has 1 aromatic heterocycles. The van der Waals surface area contributed by atoms with Crippen LogP contribution in [0.25, 0.3) is 0 Å². The highest BCUT2D eigenvalue weighted by molar-refractivity contribution is 6.29. The molecule has 1 amide bonds. The molecule has 7 heteroatoms. The van der Waals surface area contributed by atoms with Gasteiger partial charge >= 0.3 is 5.97 Å². The lowest BCUT2D eigenvalue weighted by Gasteiger charge is -2.18. The lowest BCUT2D eigenvalue weighted by atomic mass is 10.2. The van der Waals surface area contributed by atoms with Gasteiger partial charge in [0.15, 0.2) is 0 Å². The minimum absolute atomic E-state index is 0.0350. The van der Waals surface area contributed by atoms with Crippen molar-refractivity contribution in [2.75, 3.05) is 25.0 Å². The van der Waals surface area contributed by atoms with Crippen molar-refractivity contribution in [1.82, 2.24) is 10.3 Å². The molecular formula is C11H14ClN3O3. The lowest BCUT2D eigenvalue weighted by Crippen LogP contribution is -2.35. The molecular weight excluding hydrogens is 258 g/mol. The van der Waals surface area contributed by atoms with Crippen LogP contribution in [0.3, 0.4) is 0 Å². The van der Waals surface area contributed by atoms with E-state index < -0.39 is 5.97 Å². The number of rotatable bonds is 5. The third kappa shape index (κ3) is 3.89. The fourth-order valence-corrected chi connectivity index (χ4v) is 1.56. The summed E-state index contributed by atoms with van der Waals surface area (Å²) in [5.41, 5.74) is 0.0350. The van der Waals surface area contributed by atoms with Crippen molar-refractivity contribution in [3.63, 3.8) is 0 Å². The summed E-state index contributed by atoms with van der Waals surface area (Å²) in [6.07, 6.45) is 0.